The molecule has 0 bridgehead atoms. The van der Waals surface area contributed by atoms with E-state index in [9.17, 15) is 13.2 Å². The summed E-state index contributed by atoms with van der Waals surface area (Å²) in [6.45, 7) is -1.79. The standard InChI is InChI=1S/C10H9BrClF3O2/c11-8-3-7(4-12)1-2-9(8)17-6-16-5-10(13,14)15/h1-3H,4-6H2. The Balaban J connectivity index is 2.42. The highest BCUT2D eigenvalue weighted by Gasteiger charge is 2.27. The molecule has 1 aromatic rings. The molecule has 7 heteroatoms. The lowest BCUT2D eigenvalue weighted by molar-refractivity contribution is -0.186. The van der Waals surface area contributed by atoms with Crippen LogP contribution in [0.1, 0.15) is 5.56 Å². The van der Waals surface area contributed by atoms with E-state index in [0.29, 0.717) is 16.1 Å². The number of rotatable bonds is 5. The van der Waals surface area contributed by atoms with Crippen molar-refractivity contribution in [3.05, 3.63) is 28.2 Å². The smallest absolute Gasteiger partial charge is 0.411 e. The number of alkyl halides is 4. The largest absolute Gasteiger partial charge is 0.466 e. The first-order valence-corrected chi connectivity index (χ1v) is 5.87. The van der Waals surface area contributed by atoms with Gasteiger partial charge in [0.15, 0.2) is 6.79 Å². The molecule has 1 aromatic carbocycles. The molecule has 0 aromatic heterocycles. The number of benzene rings is 1. The van der Waals surface area contributed by atoms with Gasteiger partial charge in [-0.25, -0.2) is 0 Å². The third-order valence-corrected chi connectivity index (χ3v) is 2.64. The Morgan fingerprint density at radius 3 is 2.53 bits per heavy atom. The minimum absolute atomic E-state index is 0.351. The van der Waals surface area contributed by atoms with Gasteiger partial charge in [-0.05, 0) is 33.6 Å². The lowest BCUT2D eigenvalue weighted by atomic mass is 10.2. The lowest BCUT2D eigenvalue weighted by Gasteiger charge is -2.10. The Kier molecular flexibility index (Phi) is 5.55. The van der Waals surface area contributed by atoms with E-state index in [-0.39, 0.29) is 0 Å². The van der Waals surface area contributed by atoms with Crippen LogP contribution in [0.15, 0.2) is 22.7 Å². The van der Waals surface area contributed by atoms with Crippen LogP contribution in [0.3, 0.4) is 0 Å². The van der Waals surface area contributed by atoms with Crippen LogP contribution in [-0.2, 0) is 10.6 Å². The van der Waals surface area contributed by atoms with Gasteiger partial charge in [0.2, 0.25) is 0 Å². The van der Waals surface area contributed by atoms with Crippen molar-refractivity contribution >= 4 is 27.5 Å². The predicted octanol–water partition coefficient (Wildman–Crippen LogP) is 4.10. The van der Waals surface area contributed by atoms with Gasteiger partial charge >= 0.3 is 6.18 Å². The fourth-order valence-corrected chi connectivity index (χ4v) is 1.71. The molecule has 0 radical (unpaired) electrons. The third-order valence-electron chi connectivity index (χ3n) is 1.71. The Hall–Kier alpha value is -0.460. The number of hydrogen-bond acceptors (Lipinski definition) is 2. The van der Waals surface area contributed by atoms with Gasteiger partial charge in [0, 0.05) is 5.88 Å². The van der Waals surface area contributed by atoms with Gasteiger partial charge in [0.25, 0.3) is 0 Å². The van der Waals surface area contributed by atoms with Crippen molar-refractivity contribution in [1.82, 2.24) is 0 Å². The summed E-state index contributed by atoms with van der Waals surface area (Å²) < 4.78 is 45.2. The SMILES string of the molecule is FC(F)(F)COCOc1ccc(CCl)cc1Br. The Bertz CT molecular complexity index is 371. The highest BCUT2D eigenvalue weighted by molar-refractivity contribution is 9.10. The van der Waals surface area contributed by atoms with Crippen molar-refractivity contribution in [2.24, 2.45) is 0 Å². The Labute approximate surface area is 110 Å². The second-order valence-corrected chi connectivity index (χ2v) is 4.25. The van der Waals surface area contributed by atoms with Crippen molar-refractivity contribution in [2.75, 3.05) is 13.4 Å². The zero-order chi connectivity index (χ0) is 12.9. The molecule has 2 nitrogen and oxygen atoms in total. The lowest BCUT2D eigenvalue weighted by Crippen LogP contribution is -2.19. The topological polar surface area (TPSA) is 18.5 Å². The highest BCUT2D eigenvalue weighted by Crippen LogP contribution is 2.26. The summed E-state index contributed by atoms with van der Waals surface area (Å²) in [4.78, 5) is 0. The molecule has 0 unspecified atom stereocenters. The molecule has 0 aliphatic carbocycles. The Morgan fingerprint density at radius 1 is 1.29 bits per heavy atom. The number of hydrogen-bond donors (Lipinski definition) is 0. The monoisotopic (exact) mass is 332 g/mol. The van der Waals surface area contributed by atoms with E-state index in [1.807, 2.05) is 0 Å². The Morgan fingerprint density at radius 2 is 2.00 bits per heavy atom. The summed E-state index contributed by atoms with van der Waals surface area (Å²) in [6, 6.07) is 5.06. The van der Waals surface area contributed by atoms with Crippen LogP contribution in [0.2, 0.25) is 0 Å². The van der Waals surface area contributed by atoms with Crippen LogP contribution in [0.4, 0.5) is 13.2 Å². The van der Waals surface area contributed by atoms with E-state index in [4.69, 9.17) is 16.3 Å². The predicted molar refractivity (Wildman–Crippen MR) is 61.2 cm³/mol. The third kappa shape index (κ3) is 5.61. The zero-order valence-corrected chi connectivity index (χ0v) is 10.9. The molecule has 1 rings (SSSR count). The maximum absolute atomic E-state index is 11.8. The fraction of sp³-hybridized carbons (Fsp3) is 0.400. The van der Waals surface area contributed by atoms with Crippen molar-refractivity contribution in [1.29, 1.82) is 0 Å². The first-order chi connectivity index (χ1) is 7.92. The van der Waals surface area contributed by atoms with Gasteiger partial charge in [-0.1, -0.05) is 6.07 Å². The maximum Gasteiger partial charge on any atom is 0.411 e. The van der Waals surface area contributed by atoms with Crippen molar-refractivity contribution in [3.63, 3.8) is 0 Å². The summed E-state index contributed by atoms with van der Waals surface area (Å²) in [5.74, 6) is 0.754. The maximum atomic E-state index is 11.8. The van der Waals surface area contributed by atoms with Gasteiger partial charge in [0.1, 0.15) is 12.4 Å². The van der Waals surface area contributed by atoms with Crippen LogP contribution in [0.5, 0.6) is 5.75 Å². The number of ether oxygens (including phenoxy) is 2. The molecule has 0 aliphatic rings. The average Bonchev–Trinajstić information content (AvgIpc) is 2.24. The van der Waals surface area contributed by atoms with Crippen molar-refractivity contribution < 1.29 is 22.6 Å². The van der Waals surface area contributed by atoms with Gasteiger partial charge in [-0.3, -0.25) is 0 Å². The van der Waals surface area contributed by atoms with Gasteiger partial charge in [-0.2, -0.15) is 13.2 Å². The molecule has 0 spiro atoms. The van der Waals surface area contributed by atoms with E-state index in [0.717, 1.165) is 5.56 Å². The van der Waals surface area contributed by atoms with E-state index in [1.54, 1.807) is 18.2 Å². The van der Waals surface area contributed by atoms with E-state index >= 15 is 0 Å². The molecule has 0 amide bonds. The van der Waals surface area contributed by atoms with E-state index in [1.165, 1.54) is 0 Å². The molecular weight excluding hydrogens is 324 g/mol. The second-order valence-electron chi connectivity index (χ2n) is 3.12. The molecule has 0 saturated carbocycles. The molecule has 0 aliphatic heterocycles. The highest BCUT2D eigenvalue weighted by atomic mass is 79.9. The van der Waals surface area contributed by atoms with E-state index < -0.39 is 19.6 Å². The summed E-state index contributed by atoms with van der Waals surface area (Å²) in [7, 11) is 0. The van der Waals surface area contributed by atoms with Gasteiger partial charge in [0.05, 0.1) is 4.47 Å². The first-order valence-electron chi connectivity index (χ1n) is 4.54. The van der Waals surface area contributed by atoms with Gasteiger partial charge < -0.3 is 9.47 Å². The minimum atomic E-state index is -4.34. The van der Waals surface area contributed by atoms with Crippen molar-refractivity contribution in [3.8, 4) is 5.75 Å². The van der Waals surface area contributed by atoms with Crippen LogP contribution < -0.4 is 4.74 Å². The molecule has 17 heavy (non-hydrogen) atoms. The summed E-state index contributed by atoms with van der Waals surface area (Å²) in [5, 5.41) is 0. The fourth-order valence-electron chi connectivity index (χ4n) is 1.01. The van der Waals surface area contributed by atoms with Crippen molar-refractivity contribution in [2.45, 2.75) is 12.1 Å². The van der Waals surface area contributed by atoms with Crippen LogP contribution in [-0.4, -0.2) is 19.6 Å². The van der Waals surface area contributed by atoms with Crippen LogP contribution in [0.25, 0.3) is 0 Å². The van der Waals surface area contributed by atoms with Crippen LogP contribution in [0, 0.1) is 0 Å². The molecule has 96 valence electrons. The molecule has 0 N–H and O–H groups in total. The minimum Gasteiger partial charge on any atom is -0.466 e. The summed E-state index contributed by atoms with van der Waals surface area (Å²) in [6.07, 6.45) is -4.34. The second kappa shape index (κ2) is 6.47. The molecule has 0 heterocycles. The average molecular weight is 334 g/mol. The van der Waals surface area contributed by atoms with E-state index in [2.05, 4.69) is 20.7 Å². The molecule has 0 atom stereocenters. The normalized spacial score (nSPS) is 11.6. The summed E-state index contributed by atoms with van der Waals surface area (Å²) in [5.41, 5.74) is 0.877. The molecular formula is C10H9BrClF3O2. The van der Waals surface area contributed by atoms with Gasteiger partial charge in [-0.15, -0.1) is 11.6 Å². The van der Waals surface area contributed by atoms with Crippen LogP contribution >= 0.6 is 27.5 Å². The zero-order valence-electron chi connectivity index (χ0n) is 8.56. The quantitative estimate of drug-likeness (QED) is 0.459. The number of halogens is 5. The molecule has 0 saturated heterocycles. The molecule has 0 fully saturated rings. The summed E-state index contributed by atoms with van der Waals surface area (Å²) >= 11 is 8.83. The first kappa shape index (κ1) is 14.6.